The van der Waals surface area contributed by atoms with Crippen LogP contribution >= 0.6 is 27.5 Å². The second-order valence-corrected chi connectivity index (χ2v) is 3.70. The van der Waals surface area contributed by atoms with Crippen molar-refractivity contribution in [1.29, 1.82) is 0 Å². The second-order valence-electron chi connectivity index (χ2n) is 2.43. The van der Waals surface area contributed by atoms with Gasteiger partial charge in [0.25, 0.3) is 0 Å². The van der Waals surface area contributed by atoms with E-state index in [-0.39, 0.29) is 0 Å². The van der Waals surface area contributed by atoms with Gasteiger partial charge in [-0.3, -0.25) is 4.99 Å². The Hall–Kier alpha value is -0.340. The molecule has 2 rings (SSSR count). The Labute approximate surface area is 78.2 Å². The second kappa shape index (κ2) is 2.61. The van der Waals surface area contributed by atoms with Crippen molar-refractivity contribution in [3.05, 3.63) is 32.8 Å². The zero-order valence-corrected chi connectivity index (χ0v) is 7.98. The maximum Gasteiger partial charge on any atom is 0.0646 e. The summed E-state index contributed by atoms with van der Waals surface area (Å²) in [7, 11) is 0. The first-order chi connectivity index (χ1) is 5.27. The Kier molecular flexibility index (Phi) is 1.74. The van der Waals surface area contributed by atoms with Crippen LogP contribution in [0.2, 0.25) is 5.02 Å². The Morgan fingerprint density at radius 3 is 3.09 bits per heavy atom. The van der Waals surface area contributed by atoms with Gasteiger partial charge in [0, 0.05) is 10.7 Å². The van der Waals surface area contributed by atoms with E-state index in [1.54, 1.807) is 0 Å². The van der Waals surface area contributed by atoms with Crippen molar-refractivity contribution in [3.63, 3.8) is 0 Å². The summed E-state index contributed by atoms with van der Waals surface area (Å²) in [5, 5.41) is 0.747. The zero-order chi connectivity index (χ0) is 7.84. The molecule has 56 valence electrons. The van der Waals surface area contributed by atoms with E-state index in [1.165, 1.54) is 5.56 Å². The van der Waals surface area contributed by atoms with Crippen molar-refractivity contribution < 1.29 is 0 Å². The lowest BCUT2D eigenvalue weighted by Crippen LogP contribution is -1.83. The number of hydrogen-bond acceptors (Lipinski definition) is 1. The van der Waals surface area contributed by atoms with Crippen LogP contribution in [0.1, 0.15) is 11.1 Å². The first-order valence-corrected chi connectivity index (χ1v) is 4.42. The summed E-state index contributed by atoms with van der Waals surface area (Å²) in [6.45, 7) is 0.783. The van der Waals surface area contributed by atoms with Crippen LogP contribution in [0.4, 0.5) is 0 Å². The lowest BCUT2D eigenvalue weighted by Gasteiger charge is -1.99. The third kappa shape index (κ3) is 1.21. The average molecular weight is 230 g/mol. The highest BCUT2D eigenvalue weighted by Crippen LogP contribution is 2.27. The summed E-state index contributed by atoms with van der Waals surface area (Å²) in [4.78, 5) is 4.13. The van der Waals surface area contributed by atoms with Crippen LogP contribution in [-0.2, 0) is 6.54 Å². The fourth-order valence-corrected chi connectivity index (χ4v) is 1.67. The summed E-state index contributed by atoms with van der Waals surface area (Å²) < 4.78 is 0.948. The summed E-state index contributed by atoms with van der Waals surface area (Å²) in [6.07, 6.45) is 1.85. The van der Waals surface area contributed by atoms with Crippen LogP contribution < -0.4 is 0 Å². The number of nitrogens with zero attached hydrogens (tertiary/aromatic N) is 1. The van der Waals surface area contributed by atoms with E-state index >= 15 is 0 Å². The molecule has 0 saturated heterocycles. The molecule has 0 spiro atoms. The van der Waals surface area contributed by atoms with Gasteiger partial charge in [-0.15, -0.1) is 0 Å². The quantitative estimate of drug-likeness (QED) is 0.650. The molecule has 1 aromatic rings. The summed E-state index contributed by atoms with van der Waals surface area (Å²) in [5.74, 6) is 0. The molecule has 0 amide bonds. The minimum absolute atomic E-state index is 0.747. The van der Waals surface area contributed by atoms with E-state index in [2.05, 4.69) is 20.9 Å². The largest absolute Gasteiger partial charge is 0.288 e. The zero-order valence-electron chi connectivity index (χ0n) is 5.64. The topological polar surface area (TPSA) is 12.4 Å². The van der Waals surface area contributed by atoms with E-state index < -0.39 is 0 Å². The number of hydrogen-bond donors (Lipinski definition) is 0. The smallest absolute Gasteiger partial charge is 0.0646 e. The lowest BCUT2D eigenvalue weighted by molar-refractivity contribution is 1.11. The molecule has 0 aromatic heterocycles. The monoisotopic (exact) mass is 229 g/mol. The third-order valence-electron chi connectivity index (χ3n) is 1.67. The van der Waals surface area contributed by atoms with Gasteiger partial charge in [-0.1, -0.05) is 11.6 Å². The summed E-state index contributed by atoms with van der Waals surface area (Å²) >= 11 is 9.25. The molecule has 1 aliphatic heterocycles. The van der Waals surface area contributed by atoms with Crippen LogP contribution in [0, 0.1) is 0 Å². The van der Waals surface area contributed by atoms with Gasteiger partial charge in [0.2, 0.25) is 0 Å². The van der Waals surface area contributed by atoms with Gasteiger partial charge in [-0.2, -0.15) is 0 Å². The molecule has 1 heterocycles. The number of fused-ring (bicyclic) bond motifs is 1. The molecular formula is C8H5BrClN. The standard InChI is InChI=1S/C8H5BrClN/c9-7-1-5-3-11-4-6(5)2-8(7)10/h1-2,4H,3H2. The van der Waals surface area contributed by atoms with Crippen molar-refractivity contribution in [1.82, 2.24) is 0 Å². The van der Waals surface area contributed by atoms with Gasteiger partial charge in [-0.05, 0) is 39.2 Å². The van der Waals surface area contributed by atoms with Crippen LogP contribution in [0.5, 0.6) is 0 Å². The molecule has 0 fully saturated rings. The molecule has 0 aliphatic carbocycles. The van der Waals surface area contributed by atoms with E-state index in [4.69, 9.17) is 11.6 Å². The van der Waals surface area contributed by atoms with Crippen molar-refractivity contribution in [2.24, 2.45) is 4.99 Å². The SMILES string of the molecule is Clc1cc2c(cc1Br)CN=C2. The highest BCUT2D eigenvalue weighted by Gasteiger charge is 2.08. The third-order valence-corrected chi connectivity index (χ3v) is 2.87. The van der Waals surface area contributed by atoms with E-state index in [1.807, 2.05) is 18.3 Å². The number of aliphatic imine (C=N–C) groups is 1. The van der Waals surface area contributed by atoms with Gasteiger partial charge in [0.05, 0.1) is 11.6 Å². The van der Waals surface area contributed by atoms with E-state index in [0.29, 0.717) is 0 Å². The number of benzene rings is 1. The van der Waals surface area contributed by atoms with Gasteiger partial charge in [0.15, 0.2) is 0 Å². The highest BCUT2D eigenvalue weighted by molar-refractivity contribution is 9.10. The Morgan fingerprint density at radius 2 is 2.27 bits per heavy atom. The summed E-state index contributed by atoms with van der Waals surface area (Å²) in [6, 6.07) is 3.95. The highest BCUT2D eigenvalue weighted by atomic mass is 79.9. The average Bonchev–Trinajstić information content (AvgIpc) is 2.36. The molecule has 1 aromatic carbocycles. The van der Waals surface area contributed by atoms with Crippen LogP contribution in [0.3, 0.4) is 0 Å². The van der Waals surface area contributed by atoms with Crippen molar-refractivity contribution in [2.45, 2.75) is 6.54 Å². The minimum atomic E-state index is 0.747. The van der Waals surface area contributed by atoms with Crippen molar-refractivity contribution in [3.8, 4) is 0 Å². The molecule has 11 heavy (non-hydrogen) atoms. The van der Waals surface area contributed by atoms with Gasteiger partial charge >= 0.3 is 0 Å². The molecular weight excluding hydrogens is 225 g/mol. The van der Waals surface area contributed by atoms with Gasteiger partial charge < -0.3 is 0 Å². The molecule has 1 nitrogen and oxygen atoms in total. The van der Waals surface area contributed by atoms with Gasteiger partial charge in [-0.25, -0.2) is 0 Å². The first-order valence-electron chi connectivity index (χ1n) is 3.25. The van der Waals surface area contributed by atoms with Crippen LogP contribution in [0.25, 0.3) is 0 Å². The molecule has 3 heteroatoms. The molecule has 0 atom stereocenters. The fraction of sp³-hybridized carbons (Fsp3) is 0.125. The van der Waals surface area contributed by atoms with Crippen LogP contribution in [0.15, 0.2) is 21.6 Å². The Balaban J connectivity index is 2.63. The van der Waals surface area contributed by atoms with Gasteiger partial charge in [0.1, 0.15) is 0 Å². The molecule has 0 radical (unpaired) electrons. The predicted octanol–water partition coefficient (Wildman–Crippen LogP) is 3.04. The minimum Gasteiger partial charge on any atom is -0.288 e. The lowest BCUT2D eigenvalue weighted by atomic mass is 10.1. The van der Waals surface area contributed by atoms with E-state index in [9.17, 15) is 0 Å². The molecule has 0 saturated carbocycles. The predicted molar refractivity (Wildman–Crippen MR) is 50.5 cm³/mol. The number of halogens is 2. The normalized spacial score (nSPS) is 13.6. The Bertz CT molecular complexity index is 333. The maximum atomic E-state index is 5.88. The first kappa shape index (κ1) is 7.32. The maximum absolute atomic E-state index is 5.88. The molecule has 0 bridgehead atoms. The molecule has 1 aliphatic rings. The Morgan fingerprint density at radius 1 is 1.45 bits per heavy atom. The molecule has 0 N–H and O–H groups in total. The number of rotatable bonds is 0. The van der Waals surface area contributed by atoms with E-state index in [0.717, 1.165) is 21.6 Å². The summed E-state index contributed by atoms with van der Waals surface area (Å²) in [5.41, 5.74) is 2.37. The van der Waals surface area contributed by atoms with Crippen molar-refractivity contribution >= 4 is 33.7 Å². The van der Waals surface area contributed by atoms with Crippen molar-refractivity contribution in [2.75, 3.05) is 0 Å². The van der Waals surface area contributed by atoms with Crippen LogP contribution in [-0.4, -0.2) is 6.21 Å². The fourth-order valence-electron chi connectivity index (χ4n) is 1.10. The molecule has 0 unspecified atom stereocenters.